The van der Waals surface area contributed by atoms with Gasteiger partial charge in [0.25, 0.3) is 0 Å². The smallest absolute Gasteiger partial charge is 0.164 e. The van der Waals surface area contributed by atoms with Gasteiger partial charge in [-0.3, -0.25) is 0 Å². The molecule has 56 heavy (non-hydrogen) atoms. The molecule has 5 heteroatoms. The summed E-state index contributed by atoms with van der Waals surface area (Å²) in [6, 6.07) is 67.4. The molecule has 11 aromatic rings. The van der Waals surface area contributed by atoms with Gasteiger partial charge in [-0.2, -0.15) is 0 Å². The van der Waals surface area contributed by atoms with Crippen LogP contribution < -0.4 is 0 Å². The maximum absolute atomic E-state index is 6.18. The highest BCUT2D eigenvalue weighted by Crippen LogP contribution is 2.40. The maximum Gasteiger partial charge on any atom is 0.164 e. The molecule has 0 aliphatic rings. The molecule has 262 valence electrons. The van der Waals surface area contributed by atoms with Gasteiger partial charge in [-0.25, -0.2) is 15.0 Å². The lowest BCUT2D eigenvalue weighted by Crippen LogP contribution is -2.01. The number of para-hydroxylation sites is 2. The van der Waals surface area contributed by atoms with E-state index in [4.69, 9.17) is 19.4 Å². The maximum atomic E-state index is 6.18. The minimum atomic E-state index is 0.625. The van der Waals surface area contributed by atoms with Gasteiger partial charge >= 0.3 is 0 Å². The van der Waals surface area contributed by atoms with E-state index in [2.05, 4.69) is 144 Å². The van der Waals surface area contributed by atoms with Gasteiger partial charge in [-0.05, 0) is 58.7 Å². The fraction of sp³-hybridized carbons (Fsp3) is 0. The fourth-order valence-corrected chi connectivity index (χ4v) is 8.08. The normalized spacial score (nSPS) is 11.6. The van der Waals surface area contributed by atoms with Gasteiger partial charge in [0.15, 0.2) is 17.5 Å². The molecule has 0 spiro atoms. The van der Waals surface area contributed by atoms with Crippen LogP contribution in [0.5, 0.6) is 0 Å². The zero-order valence-electron chi connectivity index (χ0n) is 30.2. The quantitative estimate of drug-likeness (QED) is 0.172. The monoisotopic (exact) mass is 716 g/mol. The van der Waals surface area contributed by atoms with Gasteiger partial charge < -0.3 is 8.98 Å². The van der Waals surface area contributed by atoms with Crippen LogP contribution in [-0.2, 0) is 0 Å². The van der Waals surface area contributed by atoms with E-state index >= 15 is 0 Å². The molecule has 0 N–H and O–H groups in total. The number of rotatable bonds is 6. The van der Waals surface area contributed by atoms with Crippen molar-refractivity contribution in [3.63, 3.8) is 0 Å². The number of nitrogens with zero attached hydrogens (tertiary/aromatic N) is 4. The van der Waals surface area contributed by atoms with Crippen molar-refractivity contribution in [2.45, 2.75) is 0 Å². The molecule has 0 fully saturated rings. The molecular weight excluding hydrogens is 685 g/mol. The average molecular weight is 717 g/mol. The Kier molecular flexibility index (Phi) is 7.42. The second kappa shape index (κ2) is 13.0. The van der Waals surface area contributed by atoms with E-state index in [9.17, 15) is 0 Å². The number of fused-ring (bicyclic) bond motifs is 6. The van der Waals surface area contributed by atoms with Crippen LogP contribution in [0.4, 0.5) is 0 Å². The molecule has 5 nitrogen and oxygen atoms in total. The molecule has 0 radical (unpaired) electrons. The molecule has 8 aromatic carbocycles. The summed E-state index contributed by atoms with van der Waals surface area (Å²) in [5.74, 6) is 1.90. The largest absolute Gasteiger partial charge is 0.456 e. The summed E-state index contributed by atoms with van der Waals surface area (Å²) in [5.41, 5.74) is 12.5. The van der Waals surface area contributed by atoms with Crippen LogP contribution in [0.1, 0.15) is 0 Å². The Bertz CT molecular complexity index is 3240. The Balaban J connectivity index is 1.04. The van der Waals surface area contributed by atoms with Crippen LogP contribution in [-0.4, -0.2) is 19.5 Å². The van der Waals surface area contributed by atoms with Gasteiger partial charge in [-0.1, -0.05) is 158 Å². The Morgan fingerprint density at radius 2 is 0.875 bits per heavy atom. The molecule has 0 atom stereocenters. The lowest BCUT2D eigenvalue weighted by molar-refractivity contribution is 0.669. The summed E-state index contributed by atoms with van der Waals surface area (Å²) < 4.78 is 8.55. The van der Waals surface area contributed by atoms with Crippen LogP contribution >= 0.6 is 0 Å². The molecule has 0 saturated carbocycles. The van der Waals surface area contributed by atoms with E-state index in [-0.39, 0.29) is 0 Å². The van der Waals surface area contributed by atoms with Crippen molar-refractivity contribution >= 4 is 43.7 Å². The Morgan fingerprint density at radius 3 is 1.66 bits per heavy atom. The van der Waals surface area contributed by atoms with E-state index in [1.165, 1.54) is 10.8 Å². The van der Waals surface area contributed by atoms with E-state index in [0.717, 1.165) is 77.6 Å². The summed E-state index contributed by atoms with van der Waals surface area (Å²) in [4.78, 5) is 15.2. The first-order chi connectivity index (χ1) is 27.8. The van der Waals surface area contributed by atoms with Crippen molar-refractivity contribution in [1.29, 1.82) is 0 Å². The van der Waals surface area contributed by atoms with Gasteiger partial charge in [0.05, 0.1) is 11.0 Å². The third-order valence-corrected chi connectivity index (χ3v) is 10.7. The first kappa shape index (κ1) is 31.9. The van der Waals surface area contributed by atoms with E-state index in [1.807, 2.05) is 54.6 Å². The van der Waals surface area contributed by atoms with Gasteiger partial charge in [0.1, 0.15) is 11.2 Å². The topological polar surface area (TPSA) is 56.7 Å². The number of aromatic nitrogens is 4. The van der Waals surface area contributed by atoms with E-state index in [1.54, 1.807) is 0 Å². The second-order valence-corrected chi connectivity index (χ2v) is 14.0. The Morgan fingerprint density at radius 1 is 0.339 bits per heavy atom. The van der Waals surface area contributed by atoms with Gasteiger partial charge in [-0.15, -0.1) is 0 Å². The predicted octanol–water partition coefficient (Wildman–Crippen LogP) is 13.2. The third-order valence-electron chi connectivity index (χ3n) is 10.7. The summed E-state index contributed by atoms with van der Waals surface area (Å²) in [5, 5.41) is 4.63. The van der Waals surface area contributed by atoms with E-state index < -0.39 is 0 Å². The highest BCUT2D eigenvalue weighted by molar-refractivity contribution is 6.16. The standard InChI is InChI=1S/C51H32N4O/c1-3-14-33(15-4-1)38-18-7-8-20-41(38)51-53-49(35-16-5-2-6-17-35)52-50(54-51)36-28-26-34(27-29-36)39-22-13-24-45-48(39)42-21-9-11-23-44(42)55(45)37-30-31-47-43(32-37)40-19-10-12-25-46(40)56-47/h1-32H. The summed E-state index contributed by atoms with van der Waals surface area (Å²) in [7, 11) is 0. The summed E-state index contributed by atoms with van der Waals surface area (Å²) >= 11 is 0. The predicted molar refractivity (Wildman–Crippen MR) is 229 cm³/mol. The number of benzene rings is 8. The zero-order chi connectivity index (χ0) is 37.0. The highest BCUT2D eigenvalue weighted by atomic mass is 16.3. The SMILES string of the molecule is c1ccc(-c2nc(-c3ccc(-c4cccc5c4c4ccccc4n5-c4ccc5oc6ccccc6c5c4)cc3)nc(-c3ccccc3-c3ccccc3)n2)cc1. The zero-order valence-corrected chi connectivity index (χ0v) is 30.2. The highest BCUT2D eigenvalue weighted by Gasteiger charge is 2.19. The molecular formula is C51H32N4O. The molecule has 0 saturated heterocycles. The van der Waals surface area contributed by atoms with E-state index in [0.29, 0.717) is 17.5 Å². The number of hydrogen-bond acceptors (Lipinski definition) is 4. The first-order valence-corrected chi connectivity index (χ1v) is 18.8. The molecule has 0 bridgehead atoms. The van der Waals surface area contributed by atoms with Crippen LogP contribution in [0.15, 0.2) is 199 Å². The van der Waals surface area contributed by atoms with Crippen LogP contribution in [0.3, 0.4) is 0 Å². The fourth-order valence-electron chi connectivity index (χ4n) is 8.08. The van der Waals surface area contributed by atoms with Crippen molar-refractivity contribution in [3.05, 3.63) is 194 Å². The molecule has 0 amide bonds. The Hall–Kier alpha value is -7.63. The van der Waals surface area contributed by atoms with Crippen LogP contribution in [0, 0.1) is 0 Å². The molecule has 11 rings (SSSR count). The lowest BCUT2D eigenvalue weighted by atomic mass is 9.98. The Labute approximate surface area is 322 Å². The van der Waals surface area contributed by atoms with Gasteiger partial charge in [0, 0.05) is 43.9 Å². The van der Waals surface area contributed by atoms with Crippen molar-refractivity contribution < 1.29 is 4.42 Å². The molecule has 0 aliphatic carbocycles. The molecule has 0 unspecified atom stereocenters. The van der Waals surface area contributed by atoms with Crippen molar-refractivity contribution in [1.82, 2.24) is 19.5 Å². The summed E-state index contributed by atoms with van der Waals surface area (Å²) in [6.45, 7) is 0. The number of furan rings is 1. The minimum absolute atomic E-state index is 0.625. The number of hydrogen-bond donors (Lipinski definition) is 0. The van der Waals surface area contributed by atoms with Crippen molar-refractivity contribution in [3.8, 4) is 62.1 Å². The molecule has 3 aromatic heterocycles. The van der Waals surface area contributed by atoms with Crippen LogP contribution in [0.25, 0.3) is 106 Å². The van der Waals surface area contributed by atoms with Gasteiger partial charge in [0.2, 0.25) is 0 Å². The van der Waals surface area contributed by atoms with Crippen molar-refractivity contribution in [2.24, 2.45) is 0 Å². The lowest BCUT2D eigenvalue weighted by Gasteiger charge is -2.12. The van der Waals surface area contributed by atoms with Crippen LogP contribution in [0.2, 0.25) is 0 Å². The summed E-state index contributed by atoms with van der Waals surface area (Å²) in [6.07, 6.45) is 0. The molecule has 0 aliphatic heterocycles. The average Bonchev–Trinajstić information content (AvgIpc) is 3.82. The first-order valence-electron chi connectivity index (χ1n) is 18.8. The van der Waals surface area contributed by atoms with Crippen molar-refractivity contribution in [2.75, 3.05) is 0 Å². The minimum Gasteiger partial charge on any atom is -0.456 e. The second-order valence-electron chi connectivity index (χ2n) is 14.0. The molecule has 3 heterocycles. The third kappa shape index (κ3) is 5.29.